The fraction of sp³-hybridized carbons (Fsp3) is 0.467. The number of aryl methyl sites for hydroxylation is 1. The standard InChI is InChI=1S/C15H22N2/c1-4-8-13(5-2)17-15(11-16)14-10-7-6-9-12(14)3/h2,6-7,9-10,13,15,17H,4,8,11,16H2,1,3H3. The van der Waals surface area contributed by atoms with Gasteiger partial charge >= 0.3 is 0 Å². The van der Waals surface area contributed by atoms with Crippen molar-refractivity contribution in [1.29, 1.82) is 0 Å². The van der Waals surface area contributed by atoms with E-state index in [1.165, 1.54) is 11.1 Å². The van der Waals surface area contributed by atoms with Gasteiger partial charge in [0.25, 0.3) is 0 Å². The summed E-state index contributed by atoms with van der Waals surface area (Å²) in [5.74, 6) is 2.79. The normalized spacial score (nSPS) is 14.0. The second-order valence-corrected chi connectivity index (χ2v) is 4.32. The van der Waals surface area contributed by atoms with Crippen LogP contribution in [0.4, 0.5) is 0 Å². The van der Waals surface area contributed by atoms with Crippen molar-refractivity contribution in [2.75, 3.05) is 6.54 Å². The minimum atomic E-state index is 0.105. The lowest BCUT2D eigenvalue weighted by molar-refractivity contribution is 0.474. The fourth-order valence-electron chi connectivity index (χ4n) is 2.01. The summed E-state index contributed by atoms with van der Waals surface area (Å²) in [5.41, 5.74) is 8.34. The highest BCUT2D eigenvalue weighted by Crippen LogP contribution is 2.17. The number of nitrogens with two attached hydrogens (primary N) is 1. The molecule has 1 rings (SSSR count). The predicted octanol–water partition coefficient (Wildman–Crippen LogP) is 2.39. The Hall–Kier alpha value is -1.30. The molecule has 0 aliphatic carbocycles. The number of benzene rings is 1. The van der Waals surface area contributed by atoms with E-state index in [1.54, 1.807) is 0 Å². The Morgan fingerprint density at radius 1 is 1.41 bits per heavy atom. The van der Waals surface area contributed by atoms with Crippen molar-refractivity contribution in [1.82, 2.24) is 5.32 Å². The highest BCUT2D eigenvalue weighted by atomic mass is 15.0. The molecular weight excluding hydrogens is 208 g/mol. The Morgan fingerprint density at radius 3 is 2.65 bits per heavy atom. The van der Waals surface area contributed by atoms with Gasteiger partial charge in [-0.15, -0.1) is 6.42 Å². The summed E-state index contributed by atoms with van der Waals surface area (Å²) in [6.07, 6.45) is 7.59. The van der Waals surface area contributed by atoms with E-state index in [0.29, 0.717) is 6.54 Å². The van der Waals surface area contributed by atoms with Gasteiger partial charge in [-0.2, -0.15) is 0 Å². The summed E-state index contributed by atoms with van der Waals surface area (Å²) in [4.78, 5) is 0. The highest BCUT2D eigenvalue weighted by Gasteiger charge is 2.14. The van der Waals surface area contributed by atoms with Crippen LogP contribution in [0.3, 0.4) is 0 Å². The van der Waals surface area contributed by atoms with Crippen LogP contribution in [0.15, 0.2) is 24.3 Å². The zero-order chi connectivity index (χ0) is 12.7. The lowest BCUT2D eigenvalue weighted by Gasteiger charge is -2.23. The molecule has 0 aliphatic heterocycles. The molecule has 0 aliphatic rings. The number of hydrogen-bond donors (Lipinski definition) is 2. The minimum Gasteiger partial charge on any atom is -0.329 e. The van der Waals surface area contributed by atoms with E-state index >= 15 is 0 Å². The van der Waals surface area contributed by atoms with Crippen molar-refractivity contribution in [3.05, 3.63) is 35.4 Å². The van der Waals surface area contributed by atoms with E-state index in [1.807, 2.05) is 12.1 Å². The molecule has 0 amide bonds. The van der Waals surface area contributed by atoms with Gasteiger partial charge in [-0.25, -0.2) is 0 Å². The molecule has 0 fully saturated rings. The first-order chi connectivity index (χ1) is 8.22. The zero-order valence-electron chi connectivity index (χ0n) is 10.7. The molecule has 0 aromatic heterocycles. The average Bonchev–Trinajstić information content (AvgIpc) is 2.35. The quantitative estimate of drug-likeness (QED) is 0.736. The third-order valence-electron chi connectivity index (χ3n) is 2.98. The Kier molecular flexibility index (Phi) is 5.76. The maximum absolute atomic E-state index is 5.84. The van der Waals surface area contributed by atoms with Crippen molar-refractivity contribution >= 4 is 0 Å². The first kappa shape index (κ1) is 13.8. The van der Waals surface area contributed by atoms with Gasteiger partial charge in [0.1, 0.15) is 0 Å². The molecular formula is C15H22N2. The van der Waals surface area contributed by atoms with E-state index in [-0.39, 0.29) is 12.1 Å². The molecule has 3 N–H and O–H groups in total. The van der Waals surface area contributed by atoms with Gasteiger partial charge in [0.2, 0.25) is 0 Å². The summed E-state index contributed by atoms with van der Waals surface area (Å²) in [6, 6.07) is 8.54. The minimum absolute atomic E-state index is 0.105. The van der Waals surface area contributed by atoms with Gasteiger partial charge in [-0.3, -0.25) is 5.32 Å². The molecule has 2 atom stereocenters. The highest BCUT2D eigenvalue weighted by molar-refractivity contribution is 5.29. The van der Waals surface area contributed by atoms with Gasteiger partial charge in [-0.1, -0.05) is 43.5 Å². The first-order valence-corrected chi connectivity index (χ1v) is 6.20. The second-order valence-electron chi connectivity index (χ2n) is 4.32. The van der Waals surface area contributed by atoms with E-state index in [0.717, 1.165) is 12.8 Å². The van der Waals surface area contributed by atoms with Crippen molar-refractivity contribution in [2.45, 2.75) is 38.8 Å². The van der Waals surface area contributed by atoms with Crippen molar-refractivity contribution < 1.29 is 0 Å². The van der Waals surface area contributed by atoms with Crippen molar-refractivity contribution in [3.63, 3.8) is 0 Å². The molecule has 2 unspecified atom stereocenters. The van der Waals surface area contributed by atoms with Gasteiger partial charge in [0, 0.05) is 12.6 Å². The Balaban J connectivity index is 2.79. The van der Waals surface area contributed by atoms with Crippen LogP contribution in [0.2, 0.25) is 0 Å². The van der Waals surface area contributed by atoms with Gasteiger partial charge in [0.15, 0.2) is 0 Å². The third-order valence-corrected chi connectivity index (χ3v) is 2.98. The van der Waals surface area contributed by atoms with Gasteiger partial charge < -0.3 is 5.73 Å². The average molecular weight is 230 g/mol. The number of nitrogens with one attached hydrogen (secondary N) is 1. The van der Waals surface area contributed by atoms with Crippen molar-refractivity contribution in [2.24, 2.45) is 5.73 Å². The maximum Gasteiger partial charge on any atom is 0.0692 e. The van der Waals surface area contributed by atoms with Crippen LogP contribution in [0.5, 0.6) is 0 Å². The molecule has 0 spiro atoms. The van der Waals surface area contributed by atoms with E-state index in [2.05, 4.69) is 37.2 Å². The van der Waals surface area contributed by atoms with Crippen LogP contribution in [0.1, 0.15) is 36.9 Å². The Morgan fingerprint density at radius 2 is 2.12 bits per heavy atom. The number of terminal acetylenes is 1. The van der Waals surface area contributed by atoms with E-state index in [4.69, 9.17) is 12.2 Å². The number of hydrogen-bond acceptors (Lipinski definition) is 2. The molecule has 1 aromatic rings. The second kappa shape index (κ2) is 7.11. The van der Waals surface area contributed by atoms with Crippen LogP contribution >= 0.6 is 0 Å². The summed E-state index contributed by atoms with van der Waals surface area (Å²) >= 11 is 0. The maximum atomic E-state index is 5.84. The smallest absolute Gasteiger partial charge is 0.0692 e. The van der Waals surface area contributed by atoms with Gasteiger partial charge in [0.05, 0.1) is 6.04 Å². The van der Waals surface area contributed by atoms with E-state index < -0.39 is 0 Å². The van der Waals surface area contributed by atoms with Crippen LogP contribution in [0, 0.1) is 19.3 Å². The monoisotopic (exact) mass is 230 g/mol. The lowest BCUT2D eigenvalue weighted by Crippen LogP contribution is -2.36. The fourth-order valence-corrected chi connectivity index (χ4v) is 2.01. The van der Waals surface area contributed by atoms with E-state index in [9.17, 15) is 0 Å². The molecule has 0 radical (unpaired) electrons. The third kappa shape index (κ3) is 3.89. The molecule has 0 heterocycles. The molecule has 2 nitrogen and oxygen atoms in total. The molecule has 1 aromatic carbocycles. The first-order valence-electron chi connectivity index (χ1n) is 6.20. The zero-order valence-corrected chi connectivity index (χ0v) is 10.7. The molecule has 0 saturated heterocycles. The van der Waals surface area contributed by atoms with Gasteiger partial charge in [-0.05, 0) is 24.5 Å². The largest absolute Gasteiger partial charge is 0.329 e. The summed E-state index contributed by atoms with van der Waals surface area (Å²) in [5, 5.41) is 3.45. The summed E-state index contributed by atoms with van der Waals surface area (Å²) < 4.78 is 0. The molecule has 2 heteroatoms. The van der Waals surface area contributed by atoms with Crippen LogP contribution < -0.4 is 11.1 Å². The Bertz CT molecular complexity index is 379. The number of rotatable bonds is 6. The summed E-state index contributed by atoms with van der Waals surface area (Å²) in [7, 11) is 0. The van der Waals surface area contributed by atoms with Crippen LogP contribution in [-0.2, 0) is 0 Å². The molecule has 0 saturated carbocycles. The Labute approximate surface area is 105 Å². The SMILES string of the molecule is C#CC(CCC)NC(CN)c1ccccc1C. The lowest BCUT2D eigenvalue weighted by atomic mass is 10.00. The van der Waals surface area contributed by atoms with Crippen molar-refractivity contribution in [3.8, 4) is 12.3 Å². The topological polar surface area (TPSA) is 38.0 Å². The molecule has 92 valence electrons. The van der Waals surface area contributed by atoms with Crippen LogP contribution in [0.25, 0.3) is 0 Å². The summed E-state index contributed by atoms with van der Waals surface area (Å²) in [6.45, 7) is 4.80. The molecule has 17 heavy (non-hydrogen) atoms. The van der Waals surface area contributed by atoms with Crippen LogP contribution in [-0.4, -0.2) is 12.6 Å². The predicted molar refractivity (Wildman–Crippen MR) is 73.6 cm³/mol. The molecule has 0 bridgehead atoms.